The molecule has 0 fully saturated rings. The molecule has 0 saturated heterocycles. The third kappa shape index (κ3) is 3.90. The second-order valence-electron chi connectivity index (χ2n) is 4.11. The lowest BCUT2D eigenvalue weighted by Gasteiger charge is -2.15. The van der Waals surface area contributed by atoms with Crippen LogP contribution in [0.3, 0.4) is 0 Å². The molecule has 15 heavy (non-hydrogen) atoms. The fraction of sp³-hybridized carbons (Fsp3) is 0.615. The van der Waals surface area contributed by atoms with Crippen molar-refractivity contribution in [3.8, 4) is 0 Å². The van der Waals surface area contributed by atoms with E-state index < -0.39 is 0 Å². The second kappa shape index (κ2) is 6.44. The standard InChI is InChI=1S/C13H21NO/c1-3-5-8-12(4-2)11-14-10-7-6-9-13(14)15/h6-7,9-10,12H,3-5,8,11H2,1-2H3. The smallest absolute Gasteiger partial charge is 0.250 e. The van der Waals surface area contributed by atoms with Crippen molar-refractivity contribution < 1.29 is 0 Å². The SMILES string of the molecule is CCCCC(CC)Cn1ccccc1=O. The quantitative estimate of drug-likeness (QED) is 0.702. The Morgan fingerprint density at radius 1 is 1.33 bits per heavy atom. The normalized spacial score (nSPS) is 12.7. The first-order valence-corrected chi connectivity index (χ1v) is 5.93. The fourth-order valence-electron chi connectivity index (χ4n) is 1.81. The Morgan fingerprint density at radius 3 is 2.73 bits per heavy atom. The van der Waals surface area contributed by atoms with Crippen molar-refractivity contribution in [3.05, 3.63) is 34.7 Å². The van der Waals surface area contributed by atoms with Crippen molar-refractivity contribution in [2.75, 3.05) is 0 Å². The monoisotopic (exact) mass is 207 g/mol. The van der Waals surface area contributed by atoms with Gasteiger partial charge in [-0.1, -0.05) is 39.2 Å². The van der Waals surface area contributed by atoms with Crippen molar-refractivity contribution in [1.29, 1.82) is 0 Å². The Labute approximate surface area is 91.9 Å². The van der Waals surface area contributed by atoms with Gasteiger partial charge in [0.05, 0.1) is 0 Å². The first-order valence-electron chi connectivity index (χ1n) is 5.93. The Hall–Kier alpha value is -1.05. The summed E-state index contributed by atoms with van der Waals surface area (Å²) in [6, 6.07) is 5.35. The minimum absolute atomic E-state index is 0.118. The second-order valence-corrected chi connectivity index (χ2v) is 4.11. The van der Waals surface area contributed by atoms with Crippen LogP contribution in [0, 0.1) is 5.92 Å². The van der Waals surface area contributed by atoms with Crippen molar-refractivity contribution in [1.82, 2.24) is 4.57 Å². The van der Waals surface area contributed by atoms with E-state index in [2.05, 4.69) is 13.8 Å². The molecule has 0 aliphatic carbocycles. The number of pyridine rings is 1. The number of hydrogen-bond acceptors (Lipinski definition) is 1. The molecule has 1 aromatic rings. The number of hydrogen-bond donors (Lipinski definition) is 0. The lowest BCUT2D eigenvalue weighted by Crippen LogP contribution is -2.22. The zero-order chi connectivity index (χ0) is 11.1. The van der Waals surface area contributed by atoms with E-state index in [1.165, 1.54) is 19.3 Å². The van der Waals surface area contributed by atoms with E-state index in [0.717, 1.165) is 13.0 Å². The van der Waals surface area contributed by atoms with Gasteiger partial charge in [0, 0.05) is 18.8 Å². The van der Waals surface area contributed by atoms with Gasteiger partial charge in [0.2, 0.25) is 0 Å². The average Bonchev–Trinajstić information content (AvgIpc) is 2.26. The summed E-state index contributed by atoms with van der Waals surface area (Å²) in [6.07, 6.45) is 6.77. The summed E-state index contributed by atoms with van der Waals surface area (Å²) in [5.74, 6) is 0.644. The molecule has 0 bridgehead atoms. The molecule has 1 atom stereocenters. The van der Waals surface area contributed by atoms with Crippen molar-refractivity contribution in [3.63, 3.8) is 0 Å². The van der Waals surface area contributed by atoms with E-state index in [9.17, 15) is 4.79 Å². The van der Waals surface area contributed by atoms with Gasteiger partial charge >= 0.3 is 0 Å². The predicted molar refractivity (Wildman–Crippen MR) is 64.0 cm³/mol. The Kier molecular flexibility index (Phi) is 5.16. The van der Waals surface area contributed by atoms with Crippen LogP contribution in [0.1, 0.15) is 39.5 Å². The molecule has 0 saturated carbocycles. The molecule has 1 unspecified atom stereocenters. The van der Waals surface area contributed by atoms with E-state index in [-0.39, 0.29) is 5.56 Å². The highest BCUT2D eigenvalue weighted by molar-refractivity contribution is 4.93. The van der Waals surface area contributed by atoms with Gasteiger partial charge in [0.15, 0.2) is 0 Å². The van der Waals surface area contributed by atoms with E-state index in [0.29, 0.717) is 5.92 Å². The van der Waals surface area contributed by atoms with E-state index in [1.807, 2.05) is 16.8 Å². The van der Waals surface area contributed by atoms with Gasteiger partial charge in [-0.3, -0.25) is 4.79 Å². The highest BCUT2D eigenvalue weighted by Crippen LogP contribution is 2.13. The third-order valence-corrected chi connectivity index (χ3v) is 2.90. The van der Waals surface area contributed by atoms with E-state index in [1.54, 1.807) is 12.1 Å². The van der Waals surface area contributed by atoms with Crippen LogP contribution >= 0.6 is 0 Å². The third-order valence-electron chi connectivity index (χ3n) is 2.90. The molecule has 0 amide bonds. The lowest BCUT2D eigenvalue weighted by atomic mass is 9.99. The van der Waals surface area contributed by atoms with Crippen LogP contribution < -0.4 is 5.56 Å². The van der Waals surface area contributed by atoms with Gasteiger partial charge in [0.1, 0.15) is 0 Å². The van der Waals surface area contributed by atoms with Gasteiger partial charge in [-0.05, 0) is 18.4 Å². The minimum atomic E-state index is 0.118. The van der Waals surface area contributed by atoms with Gasteiger partial charge < -0.3 is 4.57 Å². The summed E-state index contributed by atoms with van der Waals surface area (Å²) >= 11 is 0. The molecule has 2 nitrogen and oxygen atoms in total. The highest BCUT2D eigenvalue weighted by Gasteiger charge is 2.06. The molecule has 0 aliphatic heterocycles. The average molecular weight is 207 g/mol. The molecule has 0 aromatic carbocycles. The molecule has 0 aliphatic rings. The summed E-state index contributed by atoms with van der Waals surface area (Å²) in [5.41, 5.74) is 0.118. The molecule has 0 radical (unpaired) electrons. The van der Waals surface area contributed by atoms with Crippen LogP contribution in [0.5, 0.6) is 0 Å². The van der Waals surface area contributed by atoms with Gasteiger partial charge in [-0.25, -0.2) is 0 Å². The molecule has 0 N–H and O–H groups in total. The Balaban J connectivity index is 2.58. The lowest BCUT2D eigenvalue weighted by molar-refractivity contribution is 0.385. The zero-order valence-electron chi connectivity index (χ0n) is 9.78. The molecule has 84 valence electrons. The summed E-state index contributed by atoms with van der Waals surface area (Å²) in [5, 5.41) is 0. The minimum Gasteiger partial charge on any atom is -0.315 e. The number of nitrogens with zero attached hydrogens (tertiary/aromatic N) is 1. The van der Waals surface area contributed by atoms with Crippen LogP contribution in [0.25, 0.3) is 0 Å². The van der Waals surface area contributed by atoms with Crippen LogP contribution in [0.4, 0.5) is 0 Å². The van der Waals surface area contributed by atoms with Gasteiger partial charge in [-0.2, -0.15) is 0 Å². The first-order chi connectivity index (χ1) is 7.27. The predicted octanol–water partition coefficient (Wildman–Crippen LogP) is 3.06. The largest absolute Gasteiger partial charge is 0.315 e. The van der Waals surface area contributed by atoms with Crippen molar-refractivity contribution >= 4 is 0 Å². The van der Waals surface area contributed by atoms with Crippen LogP contribution in [0.15, 0.2) is 29.2 Å². The van der Waals surface area contributed by atoms with Crippen LogP contribution in [-0.4, -0.2) is 4.57 Å². The molecule has 1 heterocycles. The summed E-state index contributed by atoms with van der Waals surface area (Å²) < 4.78 is 1.82. The number of aromatic nitrogens is 1. The molecule has 1 rings (SSSR count). The van der Waals surface area contributed by atoms with Crippen molar-refractivity contribution in [2.24, 2.45) is 5.92 Å². The first kappa shape index (κ1) is 12.0. The number of rotatable bonds is 6. The molecular formula is C13H21NO. The van der Waals surface area contributed by atoms with E-state index in [4.69, 9.17) is 0 Å². The maximum Gasteiger partial charge on any atom is 0.250 e. The highest BCUT2D eigenvalue weighted by atomic mass is 16.1. The summed E-state index contributed by atoms with van der Waals surface area (Å²) in [7, 11) is 0. The summed E-state index contributed by atoms with van der Waals surface area (Å²) in [6.45, 7) is 5.28. The molecule has 0 spiro atoms. The summed E-state index contributed by atoms with van der Waals surface area (Å²) in [4.78, 5) is 11.5. The van der Waals surface area contributed by atoms with E-state index >= 15 is 0 Å². The molecule has 1 aromatic heterocycles. The Bertz CT molecular complexity index is 329. The molecule has 2 heteroatoms. The number of unbranched alkanes of at least 4 members (excludes halogenated alkanes) is 1. The maximum absolute atomic E-state index is 11.5. The van der Waals surface area contributed by atoms with Crippen LogP contribution in [-0.2, 0) is 6.54 Å². The van der Waals surface area contributed by atoms with Crippen LogP contribution in [0.2, 0.25) is 0 Å². The fourth-order valence-corrected chi connectivity index (χ4v) is 1.81. The molecular weight excluding hydrogens is 186 g/mol. The Morgan fingerprint density at radius 2 is 2.13 bits per heavy atom. The zero-order valence-corrected chi connectivity index (χ0v) is 9.78. The maximum atomic E-state index is 11.5. The van der Waals surface area contributed by atoms with Gasteiger partial charge in [0.25, 0.3) is 5.56 Å². The van der Waals surface area contributed by atoms with Crippen molar-refractivity contribution in [2.45, 2.75) is 46.1 Å². The topological polar surface area (TPSA) is 22.0 Å². The van der Waals surface area contributed by atoms with Gasteiger partial charge in [-0.15, -0.1) is 0 Å².